The quantitative estimate of drug-likeness (QED) is 0.545. The average Bonchev–Trinajstić information content (AvgIpc) is 2.77. The Hall–Kier alpha value is -3.01. The summed E-state index contributed by atoms with van der Waals surface area (Å²) < 4.78 is 43.7. The first kappa shape index (κ1) is 24.3. The lowest BCUT2D eigenvalue weighted by Crippen LogP contribution is -2.36. The molecule has 1 heterocycles. The second-order valence-corrected chi connectivity index (χ2v) is 6.66. The maximum absolute atomic E-state index is 12.8. The molecule has 0 saturated heterocycles. The number of ether oxygens (including phenoxy) is 1. The number of hydrogen-bond acceptors (Lipinski definition) is 5. The van der Waals surface area contributed by atoms with Crippen LogP contribution in [0.15, 0.2) is 42.9 Å². The fourth-order valence-corrected chi connectivity index (χ4v) is 2.77. The first-order valence-corrected chi connectivity index (χ1v) is 9.87. The van der Waals surface area contributed by atoms with Crippen molar-refractivity contribution < 1.29 is 27.5 Å². The number of rotatable bonds is 11. The van der Waals surface area contributed by atoms with Gasteiger partial charge in [-0.25, -0.2) is 4.98 Å². The number of aromatic nitrogens is 2. The van der Waals surface area contributed by atoms with E-state index in [1.165, 1.54) is 35.6 Å². The third kappa shape index (κ3) is 8.33. The van der Waals surface area contributed by atoms with Gasteiger partial charge in [-0.1, -0.05) is 12.1 Å². The predicted molar refractivity (Wildman–Crippen MR) is 107 cm³/mol. The van der Waals surface area contributed by atoms with Crippen molar-refractivity contribution in [3.63, 3.8) is 0 Å². The Bertz CT molecular complexity index is 847. The van der Waals surface area contributed by atoms with Crippen molar-refractivity contribution in [3.8, 4) is 0 Å². The highest BCUT2D eigenvalue weighted by molar-refractivity contribution is 5.92. The van der Waals surface area contributed by atoms with Crippen LogP contribution in [0.25, 0.3) is 0 Å². The third-order valence-electron chi connectivity index (χ3n) is 4.34. The maximum atomic E-state index is 12.8. The Morgan fingerprint density at radius 2 is 2.00 bits per heavy atom. The number of alkyl halides is 3. The Kier molecular flexibility index (Phi) is 9.39. The van der Waals surface area contributed by atoms with Crippen LogP contribution in [0.4, 0.5) is 13.2 Å². The van der Waals surface area contributed by atoms with Crippen LogP contribution in [-0.4, -0.2) is 53.0 Å². The summed E-state index contributed by atoms with van der Waals surface area (Å²) in [7, 11) is 0. The van der Waals surface area contributed by atoms with E-state index >= 15 is 0 Å². The molecule has 31 heavy (non-hydrogen) atoms. The van der Waals surface area contributed by atoms with Gasteiger partial charge in [0.2, 0.25) is 5.91 Å². The van der Waals surface area contributed by atoms with Crippen LogP contribution in [0.5, 0.6) is 0 Å². The topological polar surface area (TPSA) is 84.4 Å². The zero-order chi connectivity index (χ0) is 22.7. The van der Waals surface area contributed by atoms with Gasteiger partial charge < -0.3 is 15.0 Å². The number of carbonyl (C=O) groups excluding carboxylic acids is 2. The predicted octanol–water partition coefficient (Wildman–Crippen LogP) is 3.07. The highest BCUT2D eigenvalue weighted by atomic mass is 19.4. The Labute approximate surface area is 178 Å². The second kappa shape index (κ2) is 12.0. The van der Waals surface area contributed by atoms with Gasteiger partial charge in [-0.3, -0.25) is 14.6 Å². The molecule has 0 radical (unpaired) electrons. The van der Waals surface area contributed by atoms with Gasteiger partial charge in [0.15, 0.2) is 0 Å². The zero-order valence-electron chi connectivity index (χ0n) is 17.2. The first-order valence-electron chi connectivity index (χ1n) is 9.87. The molecule has 2 amide bonds. The molecule has 0 saturated carbocycles. The van der Waals surface area contributed by atoms with Gasteiger partial charge in [-0.2, -0.15) is 13.2 Å². The van der Waals surface area contributed by atoms with E-state index in [0.717, 1.165) is 12.1 Å². The number of nitrogens with one attached hydrogen (secondary N) is 1. The normalized spacial score (nSPS) is 11.2. The molecule has 2 aromatic rings. The van der Waals surface area contributed by atoms with E-state index in [-0.39, 0.29) is 37.0 Å². The molecule has 0 unspecified atom stereocenters. The minimum atomic E-state index is -4.44. The number of nitrogens with zero attached hydrogens (tertiary/aromatic N) is 3. The number of benzene rings is 1. The van der Waals surface area contributed by atoms with Crippen LogP contribution in [0.3, 0.4) is 0 Å². The van der Waals surface area contributed by atoms with Crippen LogP contribution in [0.2, 0.25) is 0 Å². The number of hydrogen-bond donors (Lipinski definition) is 1. The van der Waals surface area contributed by atoms with Crippen LogP contribution < -0.4 is 5.32 Å². The van der Waals surface area contributed by atoms with Gasteiger partial charge in [-0.05, 0) is 31.0 Å². The van der Waals surface area contributed by atoms with E-state index in [4.69, 9.17) is 4.74 Å². The lowest BCUT2D eigenvalue weighted by molar-refractivity contribution is -0.137. The molecule has 1 aromatic heterocycles. The van der Waals surface area contributed by atoms with Crippen molar-refractivity contribution in [2.45, 2.75) is 32.5 Å². The summed E-state index contributed by atoms with van der Waals surface area (Å²) in [6, 6.07) is 4.78. The van der Waals surface area contributed by atoms with Crippen molar-refractivity contribution in [1.82, 2.24) is 20.2 Å². The molecule has 0 bridgehead atoms. The second-order valence-electron chi connectivity index (χ2n) is 6.66. The summed E-state index contributed by atoms with van der Waals surface area (Å²) in [5.74, 6) is -0.727. The van der Waals surface area contributed by atoms with E-state index in [1.54, 1.807) is 0 Å². The summed E-state index contributed by atoms with van der Waals surface area (Å²) in [6.45, 7) is 3.38. The highest BCUT2D eigenvalue weighted by Crippen LogP contribution is 2.29. The largest absolute Gasteiger partial charge is 0.416 e. The van der Waals surface area contributed by atoms with Crippen molar-refractivity contribution in [2.24, 2.45) is 0 Å². The molecule has 0 atom stereocenters. The van der Waals surface area contributed by atoms with Crippen molar-refractivity contribution in [2.75, 3.05) is 26.3 Å². The Morgan fingerprint density at radius 1 is 1.19 bits per heavy atom. The van der Waals surface area contributed by atoms with Gasteiger partial charge in [-0.15, -0.1) is 0 Å². The molecule has 168 valence electrons. The number of carbonyl (C=O) groups is 2. The molecule has 2 rings (SSSR count). The summed E-state index contributed by atoms with van der Waals surface area (Å²) >= 11 is 0. The van der Waals surface area contributed by atoms with Crippen molar-refractivity contribution in [1.29, 1.82) is 0 Å². The summed E-state index contributed by atoms with van der Waals surface area (Å²) in [6.07, 6.45) is 0.365. The molecule has 10 heteroatoms. The highest BCUT2D eigenvalue weighted by Gasteiger charge is 2.30. The van der Waals surface area contributed by atoms with Crippen molar-refractivity contribution >= 4 is 11.8 Å². The third-order valence-corrected chi connectivity index (χ3v) is 4.34. The van der Waals surface area contributed by atoms with E-state index < -0.39 is 11.7 Å². The molecule has 1 aromatic carbocycles. The maximum Gasteiger partial charge on any atom is 0.416 e. The molecule has 1 N–H and O–H groups in total. The van der Waals surface area contributed by atoms with E-state index in [1.807, 2.05) is 6.92 Å². The lowest BCUT2D eigenvalue weighted by Gasteiger charge is -2.22. The smallest absolute Gasteiger partial charge is 0.382 e. The summed E-state index contributed by atoms with van der Waals surface area (Å²) in [5.41, 5.74) is -0.259. The monoisotopic (exact) mass is 438 g/mol. The zero-order valence-corrected chi connectivity index (χ0v) is 17.2. The summed E-state index contributed by atoms with van der Waals surface area (Å²) in [5, 5.41) is 2.59. The van der Waals surface area contributed by atoms with Gasteiger partial charge in [0.25, 0.3) is 5.91 Å². The molecule has 0 aliphatic rings. The fraction of sp³-hybridized carbons (Fsp3) is 0.429. The first-order chi connectivity index (χ1) is 14.8. The molecule has 0 fully saturated rings. The van der Waals surface area contributed by atoms with Gasteiger partial charge in [0.1, 0.15) is 5.69 Å². The van der Waals surface area contributed by atoms with Crippen LogP contribution in [-0.2, 0) is 22.3 Å². The molecular weight excluding hydrogens is 413 g/mol. The van der Waals surface area contributed by atoms with Crippen molar-refractivity contribution in [3.05, 3.63) is 59.7 Å². The van der Waals surface area contributed by atoms with Gasteiger partial charge >= 0.3 is 6.18 Å². The Balaban J connectivity index is 1.90. The standard InChI is InChI=1S/C21H25F3N4O3/c1-2-31-12-4-10-28(20(30)18-15-25-8-9-26-18)11-7-19(29)27-14-16-5-3-6-17(13-16)21(22,23)24/h3,5-6,8-9,13,15H,2,4,7,10-12,14H2,1H3,(H,27,29). The Morgan fingerprint density at radius 3 is 2.68 bits per heavy atom. The van der Waals surface area contributed by atoms with Crippen LogP contribution in [0, 0.1) is 0 Å². The summed E-state index contributed by atoms with van der Waals surface area (Å²) in [4.78, 5) is 34.3. The lowest BCUT2D eigenvalue weighted by atomic mass is 10.1. The van der Waals surface area contributed by atoms with Gasteiger partial charge in [0.05, 0.1) is 11.8 Å². The molecule has 0 aliphatic carbocycles. The van der Waals surface area contributed by atoms with E-state index in [9.17, 15) is 22.8 Å². The minimum absolute atomic E-state index is 0.000398. The fourth-order valence-electron chi connectivity index (χ4n) is 2.77. The SMILES string of the molecule is CCOCCCN(CCC(=O)NCc1cccc(C(F)(F)F)c1)C(=O)c1cnccn1. The van der Waals surface area contributed by atoms with Gasteiger partial charge in [0, 0.05) is 51.7 Å². The molecule has 7 nitrogen and oxygen atoms in total. The minimum Gasteiger partial charge on any atom is -0.382 e. The molecule has 0 aliphatic heterocycles. The molecular formula is C21H25F3N4O3. The number of halogens is 3. The average molecular weight is 438 g/mol. The van der Waals surface area contributed by atoms with Crippen LogP contribution >= 0.6 is 0 Å². The molecule has 0 spiro atoms. The number of amides is 2. The van der Waals surface area contributed by atoms with Crippen LogP contribution in [0.1, 0.15) is 41.4 Å². The van der Waals surface area contributed by atoms with E-state index in [2.05, 4.69) is 15.3 Å². The van der Waals surface area contributed by atoms with E-state index in [0.29, 0.717) is 31.7 Å².